The van der Waals surface area contributed by atoms with Gasteiger partial charge in [-0.25, -0.2) is 0 Å². The molecule has 0 spiro atoms. The molecule has 0 aliphatic heterocycles. The van der Waals surface area contributed by atoms with Gasteiger partial charge in [0, 0.05) is 18.3 Å². The number of hydrogen-bond donors (Lipinski definition) is 1. The first-order valence-corrected chi connectivity index (χ1v) is 5.26. The fraction of sp³-hybridized carbons (Fsp3) is 0.143. The first-order chi connectivity index (χ1) is 7.85. The lowest BCUT2D eigenvalue weighted by atomic mass is 10.0. The van der Waals surface area contributed by atoms with E-state index in [4.69, 9.17) is 4.74 Å². The zero-order valence-electron chi connectivity index (χ0n) is 9.53. The smallest absolute Gasteiger partial charge is 0.118 e. The quantitative estimate of drug-likeness (QED) is 0.843. The van der Waals surface area contributed by atoms with E-state index in [2.05, 4.69) is 29.6 Å². The van der Waals surface area contributed by atoms with Crippen LogP contribution in [0.4, 0.5) is 5.69 Å². The number of methoxy groups -OCH3 is 1. The van der Waals surface area contributed by atoms with Gasteiger partial charge in [0.1, 0.15) is 5.75 Å². The Morgan fingerprint density at radius 1 is 0.938 bits per heavy atom. The minimum Gasteiger partial charge on any atom is -0.497 e. The first-order valence-electron chi connectivity index (χ1n) is 5.26. The number of para-hydroxylation sites is 1. The maximum atomic E-state index is 5.15. The van der Waals surface area contributed by atoms with E-state index >= 15 is 0 Å². The van der Waals surface area contributed by atoms with E-state index in [0.29, 0.717) is 0 Å². The zero-order chi connectivity index (χ0) is 11.4. The maximum absolute atomic E-state index is 5.15. The molecular weight excluding hydrogens is 198 g/mol. The highest BCUT2D eigenvalue weighted by Gasteiger charge is 2.02. The molecule has 2 rings (SSSR count). The molecule has 0 atom stereocenters. The molecule has 2 aromatic rings. The number of nitrogens with one attached hydrogen (secondary N) is 1. The predicted octanol–water partition coefficient (Wildman–Crippen LogP) is 3.40. The Morgan fingerprint density at radius 2 is 1.62 bits per heavy atom. The van der Waals surface area contributed by atoms with Crippen molar-refractivity contribution >= 4 is 5.69 Å². The molecule has 0 bridgehead atoms. The Bertz CT molecular complexity index is 462. The van der Waals surface area contributed by atoms with Gasteiger partial charge in [-0.05, 0) is 23.8 Å². The summed E-state index contributed by atoms with van der Waals surface area (Å²) in [5, 5.41) is 3.19. The monoisotopic (exact) mass is 213 g/mol. The second-order valence-corrected chi connectivity index (χ2v) is 3.52. The SMILES string of the molecule is CNc1ccccc1-c1ccc(OC)cc1. The number of ether oxygens (including phenoxy) is 1. The summed E-state index contributed by atoms with van der Waals surface area (Å²) in [5.41, 5.74) is 3.52. The third kappa shape index (κ3) is 2.01. The molecule has 16 heavy (non-hydrogen) atoms. The summed E-state index contributed by atoms with van der Waals surface area (Å²) >= 11 is 0. The van der Waals surface area contributed by atoms with Gasteiger partial charge in [0.25, 0.3) is 0 Å². The van der Waals surface area contributed by atoms with Crippen LogP contribution in [0, 0.1) is 0 Å². The molecule has 82 valence electrons. The van der Waals surface area contributed by atoms with Gasteiger partial charge in [-0.1, -0.05) is 30.3 Å². The van der Waals surface area contributed by atoms with E-state index in [9.17, 15) is 0 Å². The molecule has 0 aliphatic carbocycles. The lowest BCUT2D eigenvalue weighted by molar-refractivity contribution is 0.415. The van der Waals surface area contributed by atoms with Crippen molar-refractivity contribution in [1.29, 1.82) is 0 Å². The summed E-state index contributed by atoms with van der Waals surface area (Å²) in [4.78, 5) is 0. The molecule has 0 fully saturated rings. The van der Waals surface area contributed by atoms with Gasteiger partial charge in [0.2, 0.25) is 0 Å². The standard InChI is InChI=1S/C14H15NO/c1-15-14-6-4-3-5-13(14)11-7-9-12(16-2)10-8-11/h3-10,15H,1-2H3. The summed E-state index contributed by atoms with van der Waals surface area (Å²) < 4.78 is 5.15. The van der Waals surface area contributed by atoms with E-state index in [1.54, 1.807) is 7.11 Å². The molecule has 0 aromatic heterocycles. The van der Waals surface area contributed by atoms with Gasteiger partial charge >= 0.3 is 0 Å². The van der Waals surface area contributed by atoms with E-state index in [1.807, 2.05) is 31.3 Å². The molecule has 0 radical (unpaired) electrons. The highest BCUT2D eigenvalue weighted by atomic mass is 16.5. The van der Waals surface area contributed by atoms with Crippen LogP contribution in [-0.4, -0.2) is 14.2 Å². The van der Waals surface area contributed by atoms with Crippen molar-refractivity contribution in [1.82, 2.24) is 0 Å². The molecule has 0 heterocycles. The fourth-order valence-electron chi connectivity index (χ4n) is 1.72. The predicted molar refractivity (Wildman–Crippen MR) is 68.0 cm³/mol. The van der Waals surface area contributed by atoms with Crippen molar-refractivity contribution in [3.05, 3.63) is 48.5 Å². The van der Waals surface area contributed by atoms with Crippen LogP contribution in [0.1, 0.15) is 0 Å². The van der Waals surface area contributed by atoms with Gasteiger partial charge in [-0.2, -0.15) is 0 Å². The van der Waals surface area contributed by atoms with Crippen LogP contribution in [0.3, 0.4) is 0 Å². The third-order valence-electron chi connectivity index (χ3n) is 2.60. The van der Waals surface area contributed by atoms with Crippen LogP contribution < -0.4 is 10.1 Å². The number of benzene rings is 2. The van der Waals surface area contributed by atoms with Gasteiger partial charge in [-0.3, -0.25) is 0 Å². The van der Waals surface area contributed by atoms with Crippen LogP contribution >= 0.6 is 0 Å². The van der Waals surface area contributed by atoms with Gasteiger partial charge in [0.15, 0.2) is 0 Å². The van der Waals surface area contributed by atoms with Crippen molar-refractivity contribution < 1.29 is 4.74 Å². The molecule has 0 saturated carbocycles. The van der Waals surface area contributed by atoms with E-state index < -0.39 is 0 Å². The summed E-state index contributed by atoms with van der Waals surface area (Å²) in [6, 6.07) is 16.3. The normalized spacial score (nSPS) is 9.88. The third-order valence-corrected chi connectivity index (χ3v) is 2.60. The minimum atomic E-state index is 0.880. The van der Waals surface area contributed by atoms with Crippen molar-refractivity contribution in [2.45, 2.75) is 0 Å². The molecule has 0 aliphatic rings. The maximum Gasteiger partial charge on any atom is 0.118 e. The summed E-state index contributed by atoms with van der Waals surface area (Å²) in [5.74, 6) is 0.880. The van der Waals surface area contributed by atoms with Crippen LogP contribution in [0.5, 0.6) is 5.75 Å². The van der Waals surface area contributed by atoms with Gasteiger partial charge in [0.05, 0.1) is 7.11 Å². The highest BCUT2D eigenvalue weighted by molar-refractivity contribution is 5.77. The van der Waals surface area contributed by atoms with Crippen LogP contribution in [0.25, 0.3) is 11.1 Å². The average molecular weight is 213 g/mol. The van der Waals surface area contributed by atoms with Crippen molar-refractivity contribution in [3.8, 4) is 16.9 Å². The molecule has 1 N–H and O–H groups in total. The lowest BCUT2D eigenvalue weighted by Crippen LogP contribution is -1.91. The van der Waals surface area contributed by atoms with Crippen molar-refractivity contribution in [3.63, 3.8) is 0 Å². The largest absolute Gasteiger partial charge is 0.497 e. The number of anilines is 1. The molecule has 2 nitrogen and oxygen atoms in total. The minimum absolute atomic E-state index is 0.880. The van der Waals surface area contributed by atoms with Crippen LogP contribution in [-0.2, 0) is 0 Å². The average Bonchev–Trinajstić information content (AvgIpc) is 2.39. The van der Waals surface area contributed by atoms with Crippen molar-refractivity contribution in [2.24, 2.45) is 0 Å². The fourth-order valence-corrected chi connectivity index (χ4v) is 1.72. The Labute approximate surface area is 95.9 Å². The van der Waals surface area contributed by atoms with E-state index in [-0.39, 0.29) is 0 Å². The molecule has 0 amide bonds. The summed E-state index contributed by atoms with van der Waals surface area (Å²) in [6.45, 7) is 0. The second-order valence-electron chi connectivity index (χ2n) is 3.52. The van der Waals surface area contributed by atoms with Crippen LogP contribution in [0.15, 0.2) is 48.5 Å². The Balaban J connectivity index is 2.42. The second kappa shape index (κ2) is 4.71. The van der Waals surface area contributed by atoms with E-state index in [0.717, 1.165) is 11.4 Å². The number of hydrogen-bond acceptors (Lipinski definition) is 2. The molecule has 0 saturated heterocycles. The highest BCUT2D eigenvalue weighted by Crippen LogP contribution is 2.28. The Kier molecular flexibility index (Phi) is 3.10. The van der Waals surface area contributed by atoms with Crippen LogP contribution in [0.2, 0.25) is 0 Å². The first kappa shape index (κ1) is 10.6. The van der Waals surface area contributed by atoms with Gasteiger partial charge in [-0.15, -0.1) is 0 Å². The summed E-state index contributed by atoms with van der Waals surface area (Å²) in [6.07, 6.45) is 0. The molecule has 0 unspecified atom stereocenters. The Hall–Kier alpha value is -1.96. The topological polar surface area (TPSA) is 21.3 Å². The summed E-state index contributed by atoms with van der Waals surface area (Å²) in [7, 11) is 3.61. The zero-order valence-corrected chi connectivity index (χ0v) is 9.53. The van der Waals surface area contributed by atoms with E-state index in [1.165, 1.54) is 11.1 Å². The number of rotatable bonds is 3. The molecule has 2 heteroatoms. The van der Waals surface area contributed by atoms with Gasteiger partial charge < -0.3 is 10.1 Å². The molecule has 2 aromatic carbocycles. The molecular formula is C14H15NO. The lowest BCUT2D eigenvalue weighted by Gasteiger charge is -2.09. The van der Waals surface area contributed by atoms with Crippen molar-refractivity contribution in [2.75, 3.05) is 19.5 Å². The Morgan fingerprint density at radius 3 is 2.25 bits per heavy atom.